The number of anilines is 15. The van der Waals surface area contributed by atoms with E-state index in [0.717, 1.165) is 185 Å². The van der Waals surface area contributed by atoms with Gasteiger partial charge in [0.25, 0.3) is 0 Å². The molecule has 656 valence electrons. The fraction of sp³-hybridized carbons (Fsp3) is 0.250. The second kappa shape index (κ2) is 32.3. The van der Waals surface area contributed by atoms with Crippen LogP contribution in [0, 0.1) is 34.6 Å². The van der Waals surface area contributed by atoms with Gasteiger partial charge in [0, 0.05) is 160 Å². The first-order valence-corrected chi connectivity index (χ1v) is 44.6. The number of aromatic nitrogens is 12. The third-order valence-corrected chi connectivity index (χ3v) is 26.3. The zero-order valence-corrected chi connectivity index (χ0v) is 76.4. The van der Waals surface area contributed by atoms with Crippen molar-refractivity contribution in [1.29, 1.82) is 0 Å². The lowest BCUT2D eigenvalue weighted by molar-refractivity contribution is 0.597. The molecular weight excluding hydrogens is 1640 g/mol. The molecule has 0 radical (unpaired) electrons. The molecule has 0 amide bonds. The number of furan rings is 5. The molecule has 5 aromatic carbocycles. The zero-order chi connectivity index (χ0) is 90.4. The van der Waals surface area contributed by atoms with E-state index in [9.17, 15) is 0 Å². The van der Waals surface area contributed by atoms with Gasteiger partial charge in [-0.05, 0) is 236 Å². The van der Waals surface area contributed by atoms with Gasteiger partial charge in [0.05, 0.1) is 45.5 Å². The zero-order valence-electron chi connectivity index (χ0n) is 76.4. The van der Waals surface area contributed by atoms with Gasteiger partial charge in [-0.2, -0.15) is 0 Å². The van der Waals surface area contributed by atoms with E-state index in [-0.39, 0.29) is 30.8 Å². The lowest BCUT2D eigenvalue weighted by Crippen LogP contribution is -2.42. The van der Waals surface area contributed by atoms with Crippen LogP contribution in [0.3, 0.4) is 0 Å². The molecule has 27 heteroatoms. The van der Waals surface area contributed by atoms with Gasteiger partial charge in [-0.1, -0.05) is 60.7 Å². The van der Waals surface area contributed by atoms with Crippen molar-refractivity contribution in [3.05, 3.63) is 260 Å². The summed E-state index contributed by atoms with van der Waals surface area (Å²) >= 11 is 0. The van der Waals surface area contributed by atoms with Crippen LogP contribution in [0.2, 0.25) is 0 Å². The third-order valence-electron chi connectivity index (χ3n) is 26.3. The van der Waals surface area contributed by atoms with Crippen LogP contribution in [0.4, 0.5) is 86.2 Å². The Morgan fingerprint density at radius 2 is 0.466 bits per heavy atom. The molecule has 0 spiro atoms. The Bertz CT molecular complexity index is 7230. The van der Waals surface area contributed by atoms with E-state index >= 15 is 0 Å². The fourth-order valence-corrected chi connectivity index (χ4v) is 20.2. The number of rotatable bonds is 8. The summed E-state index contributed by atoms with van der Waals surface area (Å²) in [5.41, 5.74) is 22.1. The summed E-state index contributed by atoms with van der Waals surface area (Å²) in [7, 11) is 4.11. The van der Waals surface area contributed by atoms with E-state index in [1.165, 1.54) is 11.1 Å². The maximum absolute atomic E-state index is 6.24. The molecule has 5 aliphatic heterocycles. The number of aryl methyl sites for hydroxylation is 5. The highest BCUT2D eigenvalue weighted by Crippen LogP contribution is 2.54. The molecule has 0 saturated heterocycles. The van der Waals surface area contributed by atoms with Gasteiger partial charge >= 0.3 is 0 Å². The molecule has 15 aromatic heterocycles. The minimum Gasteiger partial charge on any atom is -0.435 e. The summed E-state index contributed by atoms with van der Waals surface area (Å²) in [5, 5.41) is 10.6. The van der Waals surface area contributed by atoms with Crippen molar-refractivity contribution >= 4 is 197 Å². The van der Waals surface area contributed by atoms with Crippen molar-refractivity contribution < 1.29 is 22.1 Å². The lowest BCUT2D eigenvalue weighted by atomic mass is 10.1. The Hall–Kier alpha value is -15.5. The third kappa shape index (κ3) is 13.2. The quantitative estimate of drug-likeness (QED) is 0.137. The van der Waals surface area contributed by atoms with E-state index in [1.54, 1.807) is 55.8 Å². The Kier molecular flexibility index (Phi) is 20.3. The highest BCUT2D eigenvalue weighted by molar-refractivity contribution is 6.15. The van der Waals surface area contributed by atoms with Crippen LogP contribution in [0.1, 0.15) is 104 Å². The molecule has 5 aliphatic rings. The molecule has 27 nitrogen and oxygen atoms in total. The summed E-state index contributed by atoms with van der Waals surface area (Å²) in [5.74, 6) is 6.48. The summed E-state index contributed by atoms with van der Waals surface area (Å²) in [6.45, 7) is 34.7. The Labute approximate surface area is 756 Å². The minimum atomic E-state index is 0.0767. The fourth-order valence-electron chi connectivity index (χ4n) is 20.2. The van der Waals surface area contributed by atoms with Crippen molar-refractivity contribution in [2.75, 3.05) is 63.1 Å². The highest BCUT2D eigenvalue weighted by Gasteiger charge is 2.44. The predicted octanol–water partition coefficient (Wildman–Crippen LogP) is 24.2. The normalized spacial score (nSPS) is 16.8. The van der Waals surface area contributed by atoms with Gasteiger partial charge in [0.1, 0.15) is 30.8 Å². The molecule has 0 bridgehead atoms. The van der Waals surface area contributed by atoms with Crippen LogP contribution in [0.5, 0.6) is 0 Å². The summed E-state index contributed by atoms with van der Waals surface area (Å²) < 4.78 is 31.0. The SMILES string of the molecule is Cc1ccc2c(oc3ncccc32)c1N1c2cccnc2N(C(C)C)[C@@H]1C.Cc1ccc2c(oc3ncccc32)c1N1c2cccnc2N(C)[C@@H]1C.Cc1ccc2c(oc3ncccc32)c1N1c2ncccc2N(C(C)C)[C@@H]1C.Cc1ccc2c(oc3ncccc32)c1N1c2nccnc2N(C(C)C)[C@@H]1C.Cc1ccc2c(oc3ncccc32)c1N1c2nccnc2N(C)[C@@H]1C. The van der Waals surface area contributed by atoms with Crippen LogP contribution in [-0.2, 0) is 0 Å². The maximum Gasteiger partial charge on any atom is 0.227 e. The predicted molar refractivity (Wildman–Crippen MR) is 526 cm³/mol. The number of hydrogen-bond acceptors (Lipinski definition) is 27. The van der Waals surface area contributed by atoms with Crippen LogP contribution in [0.25, 0.3) is 110 Å². The smallest absolute Gasteiger partial charge is 0.227 e. The molecule has 20 heterocycles. The van der Waals surface area contributed by atoms with Crippen molar-refractivity contribution in [2.24, 2.45) is 0 Å². The summed E-state index contributed by atoms with van der Waals surface area (Å²) in [6, 6.07) is 54.7. The molecule has 0 N–H and O–H groups in total. The van der Waals surface area contributed by atoms with Crippen LogP contribution >= 0.6 is 0 Å². The standard InChI is InChI=1S/2C22H22N4O.C21H21N5O.C20H18N4O.C19H17N5O/c1-13(2)25-15(4)26(18-8-6-11-23-21(18)25)19-14(3)9-10-16-17-7-5-12-24-22(17)27-20(16)19;1-13(2)25-15(4)26(21-18(25)8-6-11-23-21)19-14(3)9-10-16-17-7-5-12-24-22(17)27-20(16)19;1-12(2)25-14(4)26(20-19(25)22-10-11-23-20)17-13(3)7-8-15-16-6-5-9-24-21(16)27-18(15)17;1-12-8-9-14-15-6-4-11-22-20(15)25-18(14)17(12)24-13(2)23(3)19-16(24)7-5-10-21-19;1-11-6-7-13-14-5-4-8-22-19(14)25-16(13)15(11)24-12(2)23(3)17-18(24)21-10-9-20-17/h2*5-13,15H,1-4H3;5-12,14H,1-4H3;4-11,13H,1-3H3;4-10,12H,1-3H3/t2*15-;14-;13-;12-/m00000/s1. The Morgan fingerprint density at radius 1 is 0.221 bits per heavy atom. The van der Waals surface area contributed by atoms with Crippen LogP contribution < -0.4 is 49.0 Å². The molecule has 5 atom stereocenters. The van der Waals surface area contributed by atoms with Crippen molar-refractivity contribution in [1.82, 2.24) is 59.8 Å². The number of benzene rings is 5. The lowest BCUT2D eigenvalue weighted by Gasteiger charge is -2.33. The number of fused-ring (bicyclic) bond motifs is 20. The van der Waals surface area contributed by atoms with Gasteiger partial charge in [-0.25, -0.2) is 59.8 Å². The van der Waals surface area contributed by atoms with Crippen LogP contribution in [-0.4, -0.2) is 123 Å². The maximum atomic E-state index is 6.24. The first kappa shape index (κ1) is 82.4. The van der Waals surface area contributed by atoms with E-state index in [2.05, 4.69) is 325 Å². The second-order valence-corrected chi connectivity index (χ2v) is 35.0. The van der Waals surface area contributed by atoms with E-state index in [4.69, 9.17) is 27.1 Å². The highest BCUT2D eigenvalue weighted by atomic mass is 16.4. The van der Waals surface area contributed by atoms with Crippen molar-refractivity contribution in [3.63, 3.8) is 0 Å². The van der Waals surface area contributed by atoms with E-state index < -0.39 is 0 Å². The molecule has 0 unspecified atom stereocenters. The molecule has 0 fully saturated rings. The Morgan fingerprint density at radius 3 is 0.847 bits per heavy atom. The largest absolute Gasteiger partial charge is 0.435 e. The first-order valence-electron chi connectivity index (χ1n) is 44.6. The van der Waals surface area contributed by atoms with Gasteiger partial charge in [0.2, 0.25) is 28.6 Å². The number of pyridine rings is 8. The molecular formula is C104H100N22O5. The summed E-state index contributed by atoms with van der Waals surface area (Å²) in [4.78, 5) is 77.1. The average molecular weight is 1740 g/mol. The van der Waals surface area contributed by atoms with Crippen molar-refractivity contribution in [2.45, 2.75) is 160 Å². The number of hydrogen-bond donors (Lipinski definition) is 0. The van der Waals surface area contributed by atoms with E-state index in [0.29, 0.717) is 46.7 Å². The molecule has 0 aliphatic carbocycles. The molecule has 0 saturated carbocycles. The minimum absolute atomic E-state index is 0.0767. The van der Waals surface area contributed by atoms with Gasteiger partial charge in [-0.15, -0.1) is 0 Å². The monoisotopic (exact) mass is 1740 g/mol. The van der Waals surface area contributed by atoms with E-state index in [1.807, 2.05) is 80.2 Å². The van der Waals surface area contributed by atoms with Gasteiger partial charge in [0.15, 0.2) is 68.6 Å². The molecule has 25 rings (SSSR count). The van der Waals surface area contributed by atoms with Gasteiger partial charge < -0.3 is 61.3 Å². The number of nitrogens with zero attached hydrogens (tertiary/aromatic N) is 22. The molecule has 131 heavy (non-hydrogen) atoms. The van der Waals surface area contributed by atoms with Gasteiger partial charge in [-0.3, -0.25) is 9.80 Å². The first-order chi connectivity index (χ1) is 63.6. The van der Waals surface area contributed by atoms with Crippen molar-refractivity contribution in [3.8, 4) is 0 Å². The average Bonchev–Trinajstić information content (AvgIpc) is 1.61. The molecule has 20 aromatic rings. The summed E-state index contributed by atoms with van der Waals surface area (Å²) in [6.07, 6.45) is 21.9. The Balaban J connectivity index is 0.0000000989. The second-order valence-electron chi connectivity index (χ2n) is 35.0. The topological polar surface area (TPSA) is 253 Å². The van der Waals surface area contributed by atoms with Crippen LogP contribution in [0.15, 0.2) is 254 Å².